The van der Waals surface area contributed by atoms with Gasteiger partial charge in [-0.1, -0.05) is 24.3 Å². The van der Waals surface area contributed by atoms with Gasteiger partial charge in [0.1, 0.15) is 12.4 Å². The van der Waals surface area contributed by atoms with E-state index in [2.05, 4.69) is 10.3 Å². The first-order valence-corrected chi connectivity index (χ1v) is 11.4. The van der Waals surface area contributed by atoms with Crippen molar-refractivity contribution < 1.29 is 19.1 Å². The van der Waals surface area contributed by atoms with E-state index >= 15 is 0 Å². The number of carbonyl (C=O) groups is 3. The van der Waals surface area contributed by atoms with Crippen LogP contribution >= 0.6 is 0 Å². The molecule has 0 fully saturated rings. The lowest BCUT2D eigenvalue weighted by Gasteiger charge is -2.17. The van der Waals surface area contributed by atoms with Crippen molar-refractivity contribution in [1.29, 1.82) is 0 Å². The Hall–Kier alpha value is -4.78. The molecular formula is C29H23N3O4. The molecule has 3 amide bonds. The molecule has 3 aromatic carbocycles. The fraction of sp³-hybridized carbons (Fsp3) is 0.103. The molecule has 5 rings (SSSR count). The first kappa shape index (κ1) is 23.0. The number of ether oxygens (including phenoxy) is 1. The highest BCUT2D eigenvalue weighted by atomic mass is 16.5. The fourth-order valence-corrected chi connectivity index (χ4v) is 4.07. The highest BCUT2D eigenvalue weighted by Crippen LogP contribution is 2.32. The number of anilines is 2. The number of aryl methyl sites for hydroxylation is 2. The first-order chi connectivity index (χ1) is 17.4. The number of nitrogens with one attached hydrogen (secondary N) is 1. The maximum absolute atomic E-state index is 13.2. The minimum Gasteiger partial charge on any atom is -0.487 e. The van der Waals surface area contributed by atoms with Gasteiger partial charge in [0.05, 0.1) is 22.5 Å². The van der Waals surface area contributed by atoms with Gasteiger partial charge in [0.2, 0.25) is 0 Å². The Morgan fingerprint density at radius 1 is 0.889 bits per heavy atom. The number of carbonyl (C=O) groups excluding carboxylic acids is 3. The molecule has 0 radical (unpaired) electrons. The van der Waals surface area contributed by atoms with Gasteiger partial charge in [-0.15, -0.1) is 0 Å². The van der Waals surface area contributed by atoms with Crippen LogP contribution in [0.4, 0.5) is 11.4 Å². The molecule has 0 spiro atoms. The number of aromatic nitrogens is 1. The summed E-state index contributed by atoms with van der Waals surface area (Å²) in [4.78, 5) is 44.6. The molecule has 0 atom stereocenters. The van der Waals surface area contributed by atoms with Gasteiger partial charge >= 0.3 is 0 Å². The Kier molecular flexibility index (Phi) is 6.04. The van der Waals surface area contributed by atoms with E-state index in [4.69, 9.17) is 4.74 Å². The summed E-state index contributed by atoms with van der Waals surface area (Å²) in [6.07, 6.45) is 1.70. The van der Waals surface area contributed by atoms with Crippen LogP contribution in [0.1, 0.15) is 47.9 Å². The van der Waals surface area contributed by atoms with Crippen molar-refractivity contribution in [1.82, 2.24) is 4.98 Å². The van der Waals surface area contributed by atoms with E-state index in [1.807, 2.05) is 50.2 Å². The van der Waals surface area contributed by atoms with E-state index in [1.54, 1.807) is 36.5 Å². The second-order valence-corrected chi connectivity index (χ2v) is 8.59. The van der Waals surface area contributed by atoms with Gasteiger partial charge in [0.15, 0.2) is 0 Å². The molecule has 0 aliphatic carbocycles. The van der Waals surface area contributed by atoms with Crippen LogP contribution in [0.25, 0.3) is 0 Å². The highest BCUT2D eigenvalue weighted by molar-refractivity contribution is 6.35. The second-order valence-electron chi connectivity index (χ2n) is 8.59. The van der Waals surface area contributed by atoms with Crippen molar-refractivity contribution in [3.8, 4) is 5.75 Å². The van der Waals surface area contributed by atoms with E-state index in [0.717, 1.165) is 16.8 Å². The van der Waals surface area contributed by atoms with Gasteiger partial charge in [-0.3, -0.25) is 19.4 Å². The third-order valence-corrected chi connectivity index (χ3v) is 5.96. The van der Waals surface area contributed by atoms with E-state index in [1.165, 1.54) is 17.0 Å². The van der Waals surface area contributed by atoms with Gasteiger partial charge in [0.25, 0.3) is 17.7 Å². The summed E-state index contributed by atoms with van der Waals surface area (Å²) in [5.41, 5.74) is 4.41. The summed E-state index contributed by atoms with van der Waals surface area (Å²) >= 11 is 0. The molecule has 0 saturated heterocycles. The SMILES string of the molecule is Cc1ccc(C)c(N2C(=O)c3ccc(C(=O)Nc4cccc(OCc5ccccn5)c4)cc3C2=O)c1. The van der Waals surface area contributed by atoms with E-state index in [-0.39, 0.29) is 16.7 Å². The molecule has 7 nitrogen and oxygen atoms in total. The van der Waals surface area contributed by atoms with Gasteiger partial charge < -0.3 is 10.1 Å². The van der Waals surface area contributed by atoms with Crippen LogP contribution in [-0.4, -0.2) is 22.7 Å². The molecule has 0 unspecified atom stereocenters. The Balaban J connectivity index is 1.33. The molecule has 1 N–H and O–H groups in total. The number of rotatable bonds is 6. The number of hydrogen-bond acceptors (Lipinski definition) is 5. The monoisotopic (exact) mass is 477 g/mol. The number of nitrogens with zero attached hydrogens (tertiary/aromatic N) is 2. The zero-order valence-corrected chi connectivity index (χ0v) is 19.8. The summed E-state index contributed by atoms with van der Waals surface area (Å²) in [6, 6.07) is 22.8. The molecule has 0 saturated carbocycles. The lowest BCUT2D eigenvalue weighted by Crippen LogP contribution is -2.30. The molecule has 1 aliphatic heterocycles. The normalized spacial score (nSPS) is 12.4. The molecule has 0 bridgehead atoms. The molecule has 1 aromatic heterocycles. The van der Waals surface area contributed by atoms with Crippen LogP contribution in [0.2, 0.25) is 0 Å². The Labute approximate surface area is 208 Å². The summed E-state index contributed by atoms with van der Waals surface area (Å²) in [6.45, 7) is 4.06. The predicted molar refractivity (Wildman–Crippen MR) is 136 cm³/mol. The Bertz CT molecular complexity index is 1500. The van der Waals surface area contributed by atoms with Crippen LogP contribution in [0, 0.1) is 13.8 Å². The van der Waals surface area contributed by atoms with Crippen LogP contribution in [0.15, 0.2) is 85.1 Å². The average Bonchev–Trinajstić information content (AvgIpc) is 3.14. The molecule has 36 heavy (non-hydrogen) atoms. The van der Waals surface area contributed by atoms with Crippen molar-refractivity contribution in [3.05, 3.63) is 119 Å². The number of hydrogen-bond donors (Lipinski definition) is 1. The summed E-state index contributed by atoms with van der Waals surface area (Å²) in [5, 5.41) is 2.83. The zero-order valence-electron chi connectivity index (χ0n) is 19.8. The van der Waals surface area contributed by atoms with Crippen molar-refractivity contribution in [2.45, 2.75) is 20.5 Å². The number of benzene rings is 3. The minimum atomic E-state index is -0.441. The lowest BCUT2D eigenvalue weighted by molar-refractivity contribution is 0.0925. The first-order valence-electron chi connectivity index (χ1n) is 11.4. The van der Waals surface area contributed by atoms with E-state index < -0.39 is 17.7 Å². The number of pyridine rings is 1. The van der Waals surface area contributed by atoms with E-state index in [0.29, 0.717) is 23.7 Å². The molecule has 4 aromatic rings. The van der Waals surface area contributed by atoms with Crippen LogP contribution in [0.5, 0.6) is 5.75 Å². The third kappa shape index (κ3) is 4.46. The highest BCUT2D eigenvalue weighted by Gasteiger charge is 2.37. The number of imide groups is 1. The van der Waals surface area contributed by atoms with Gasteiger partial charge in [-0.2, -0.15) is 0 Å². The standard InChI is InChI=1S/C29H23N3O4/c1-18-9-10-19(2)26(14-18)32-28(34)24-12-11-20(15-25(24)29(32)35)27(33)31-21-7-5-8-23(16-21)36-17-22-6-3-4-13-30-22/h3-16H,17H2,1-2H3,(H,31,33). The van der Waals surface area contributed by atoms with Crippen LogP contribution in [-0.2, 0) is 6.61 Å². The van der Waals surface area contributed by atoms with Crippen molar-refractivity contribution in [2.75, 3.05) is 10.2 Å². The summed E-state index contributed by atoms with van der Waals surface area (Å²) < 4.78 is 5.78. The smallest absolute Gasteiger partial charge is 0.266 e. The van der Waals surface area contributed by atoms with Crippen LogP contribution in [0.3, 0.4) is 0 Å². The summed E-state index contributed by atoms with van der Waals surface area (Å²) in [7, 11) is 0. The fourth-order valence-electron chi connectivity index (χ4n) is 4.07. The molecule has 1 aliphatic rings. The van der Waals surface area contributed by atoms with Crippen LogP contribution < -0.4 is 15.0 Å². The molecular weight excluding hydrogens is 454 g/mol. The average molecular weight is 478 g/mol. The second kappa shape index (κ2) is 9.46. The number of amides is 3. The predicted octanol–water partition coefficient (Wildman–Crippen LogP) is 5.33. The van der Waals surface area contributed by atoms with Gasteiger partial charge in [-0.25, -0.2) is 4.90 Å². The topological polar surface area (TPSA) is 88.6 Å². The maximum atomic E-state index is 13.2. The molecule has 2 heterocycles. The molecule has 7 heteroatoms. The minimum absolute atomic E-state index is 0.209. The Morgan fingerprint density at radius 2 is 1.72 bits per heavy atom. The maximum Gasteiger partial charge on any atom is 0.266 e. The largest absolute Gasteiger partial charge is 0.487 e. The van der Waals surface area contributed by atoms with Gasteiger partial charge in [0, 0.05) is 23.5 Å². The van der Waals surface area contributed by atoms with Crippen molar-refractivity contribution >= 4 is 29.1 Å². The zero-order chi connectivity index (χ0) is 25.2. The quantitative estimate of drug-likeness (QED) is 0.379. The Morgan fingerprint density at radius 3 is 2.53 bits per heavy atom. The summed E-state index contributed by atoms with van der Waals surface area (Å²) in [5.74, 6) is -0.654. The third-order valence-electron chi connectivity index (χ3n) is 5.96. The van der Waals surface area contributed by atoms with Crippen molar-refractivity contribution in [2.24, 2.45) is 0 Å². The lowest BCUT2D eigenvalue weighted by atomic mass is 10.1. The van der Waals surface area contributed by atoms with Gasteiger partial charge in [-0.05, 0) is 73.5 Å². The van der Waals surface area contributed by atoms with E-state index in [9.17, 15) is 14.4 Å². The molecule has 178 valence electrons. The van der Waals surface area contributed by atoms with Crippen molar-refractivity contribution in [3.63, 3.8) is 0 Å². The number of fused-ring (bicyclic) bond motifs is 1.